The highest BCUT2D eigenvalue weighted by Gasteiger charge is 2.33. The van der Waals surface area contributed by atoms with Gasteiger partial charge in [-0.1, -0.05) is 25.9 Å². The van der Waals surface area contributed by atoms with Crippen LogP contribution < -0.4 is 5.73 Å². The molecule has 90 valence electrons. The standard InChI is InChI=1S/C12H27NOSi/c1-4-14-9-10-15(2,3)12-7-5-11(13)6-8-12/h11-12H,4-10,13H2,1-3H3. The van der Waals surface area contributed by atoms with Gasteiger partial charge in [0.05, 0.1) is 8.07 Å². The molecule has 1 saturated carbocycles. The number of nitrogens with two attached hydrogens (primary N) is 1. The summed E-state index contributed by atoms with van der Waals surface area (Å²) in [7, 11) is -1.05. The molecule has 0 aromatic rings. The minimum atomic E-state index is -1.05. The van der Waals surface area contributed by atoms with E-state index in [0.717, 1.165) is 18.8 Å². The first-order valence-electron chi connectivity index (χ1n) is 6.39. The maximum atomic E-state index is 5.95. The quantitative estimate of drug-likeness (QED) is 0.581. The van der Waals surface area contributed by atoms with Gasteiger partial charge in [0, 0.05) is 19.3 Å². The van der Waals surface area contributed by atoms with Gasteiger partial charge in [0.15, 0.2) is 0 Å². The summed E-state index contributed by atoms with van der Waals surface area (Å²) in [5.41, 5.74) is 6.94. The zero-order chi connectivity index (χ0) is 11.3. The molecule has 0 amide bonds. The zero-order valence-electron chi connectivity index (χ0n) is 10.6. The summed E-state index contributed by atoms with van der Waals surface area (Å²) in [5, 5.41) is 0. The van der Waals surface area contributed by atoms with Crippen LogP contribution in [0.15, 0.2) is 0 Å². The topological polar surface area (TPSA) is 35.2 Å². The monoisotopic (exact) mass is 229 g/mol. The highest BCUT2D eigenvalue weighted by molar-refractivity contribution is 6.78. The molecule has 2 nitrogen and oxygen atoms in total. The van der Waals surface area contributed by atoms with E-state index in [-0.39, 0.29) is 0 Å². The molecule has 1 fully saturated rings. The Morgan fingerprint density at radius 1 is 1.20 bits per heavy atom. The average Bonchev–Trinajstić information content (AvgIpc) is 2.18. The number of rotatable bonds is 5. The highest BCUT2D eigenvalue weighted by Crippen LogP contribution is 2.38. The fourth-order valence-electron chi connectivity index (χ4n) is 2.58. The lowest BCUT2D eigenvalue weighted by Crippen LogP contribution is -2.38. The minimum Gasteiger partial charge on any atom is -0.382 e. The predicted octanol–water partition coefficient (Wildman–Crippen LogP) is 3.00. The fraction of sp³-hybridized carbons (Fsp3) is 1.00. The van der Waals surface area contributed by atoms with Crippen molar-refractivity contribution in [3.05, 3.63) is 0 Å². The van der Waals surface area contributed by atoms with Crippen LogP contribution in [-0.2, 0) is 4.74 Å². The van der Waals surface area contributed by atoms with Crippen molar-refractivity contribution in [3.8, 4) is 0 Å². The second-order valence-electron chi connectivity index (χ2n) is 5.55. The van der Waals surface area contributed by atoms with Crippen LogP contribution in [-0.4, -0.2) is 27.3 Å². The van der Waals surface area contributed by atoms with Crippen molar-refractivity contribution in [3.63, 3.8) is 0 Å². The average molecular weight is 229 g/mol. The smallest absolute Gasteiger partial charge is 0.0527 e. The molecule has 0 aromatic heterocycles. The highest BCUT2D eigenvalue weighted by atomic mass is 28.3. The summed E-state index contributed by atoms with van der Waals surface area (Å²) < 4.78 is 5.49. The lowest BCUT2D eigenvalue weighted by atomic mass is 9.96. The van der Waals surface area contributed by atoms with Gasteiger partial charge in [-0.25, -0.2) is 0 Å². The van der Waals surface area contributed by atoms with Gasteiger partial charge in [0.1, 0.15) is 0 Å². The summed E-state index contributed by atoms with van der Waals surface area (Å²) in [6.45, 7) is 8.95. The lowest BCUT2D eigenvalue weighted by Gasteiger charge is -2.37. The van der Waals surface area contributed by atoms with E-state index >= 15 is 0 Å². The number of hydrogen-bond donors (Lipinski definition) is 1. The van der Waals surface area contributed by atoms with E-state index in [1.807, 2.05) is 0 Å². The Labute approximate surface area is 95.6 Å². The third kappa shape index (κ3) is 4.25. The summed E-state index contributed by atoms with van der Waals surface area (Å²) in [4.78, 5) is 0. The Morgan fingerprint density at radius 2 is 1.80 bits per heavy atom. The van der Waals surface area contributed by atoms with E-state index in [9.17, 15) is 0 Å². The summed E-state index contributed by atoms with van der Waals surface area (Å²) in [6.07, 6.45) is 5.23. The molecule has 3 heteroatoms. The Morgan fingerprint density at radius 3 is 2.33 bits per heavy atom. The Balaban J connectivity index is 2.32. The first kappa shape index (κ1) is 13.2. The van der Waals surface area contributed by atoms with E-state index in [0.29, 0.717) is 6.04 Å². The third-order valence-electron chi connectivity index (χ3n) is 3.97. The van der Waals surface area contributed by atoms with Gasteiger partial charge >= 0.3 is 0 Å². The van der Waals surface area contributed by atoms with E-state index in [2.05, 4.69) is 20.0 Å². The van der Waals surface area contributed by atoms with E-state index < -0.39 is 8.07 Å². The molecular weight excluding hydrogens is 202 g/mol. The fourth-order valence-corrected chi connectivity index (χ4v) is 5.56. The summed E-state index contributed by atoms with van der Waals surface area (Å²) in [5.74, 6) is 0. The van der Waals surface area contributed by atoms with E-state index in [4.69, 9.17) is 10.5 Å². The largest absolute Gasteiger partial charge is 0.382 e. The van der Waals surface area contributed by atoms with Gasteiger partial charge in [-0.05, 0) is 31.4 Å². The molecule has 2 N–H and O–H groups in total. The first-order chi connectivity index (χ1) is 7.06. The van der Waals surface area contributed by atoms with Crippen LogP contribution in [0.3, 0.4) is 0 Å². The molecular formula is C12H27NOSi. The molecule has 0 spiro atoms. The van der Waals surface area contributed by atoms with Crippen molar-refractivity contribution in [2.75, 3.05) is 13.2 Å². The molecule has 0 radical (unpaired) electrons. The van der Waals surface area contributed by atoms with Crippen LogP contribution >= 0.6 is 0 Å². The van der Waals surface area contributed by atoms with E-state index in [1.54, 1.807) is 0 Å². The van der Waals surface area contributed by atoms with Crippen LogP contribution in [0.1, 0.15) is 32.6 Å². The molecule has 0 saturated heterocycles. The number of ether oxygens (including phenoxy) is 1. The maximum Gasteiger partial charge on any atom is 0.0527 e. The summed E-state index contributed by atoms with van der Waals surface area (Å²) >= 11 is 0. The first-order valence-corrected chi connectivity index (χ1v) is 9.68. The second kappa shape index (κ2) is 6.02. The maximum absolute atomic E-state index is 5.95. The van der Waals surface area contributed by atoms with Gasteiger partial charge in [-0.3, -0.25) is 0 Å². The molecule has 1 rings (SSSR count). The van der Waals surface area contributed by atoms with Crippen LogP contribution in [0.2, 0.25) is 24.7 Å². The predicted molar refractivity (Wildman–Crippen MR) is 69.0 cm³/mol. The molecule has 0 bridgehead atoms. The van der Waals surface area contributed by atoms with Crippen LogP contribution in [0.5, 0.6) is 0 Å². The van der Waals surface area contributed by atoms with Crippen molar-refractivity contribution in [1.82, 2.24) is 0 Å². The van der Waals surface area contributed by atoms with Gasteiger partial charge in [-0.15, -0.1) is 0 Å². The Bertz CT molecular complexity index is 176. The lowest BCUT2D eigenvalue weighted by molar-refractivity contribution is 0.160. The molecule has 1 aliphatic carbocycles. The molecule has 0 atom stereocenters. The van der Waals surface area contributed by atoms with E-state index in [1.165, 1.54) is 31.7 Å². The number of hydrogen-bond acceptors (Lipinski definition) is 2. The van der Waals surface area contributed by atoms with Gasteiger partial charge in [0.25, 0.3) is 0 Å². The van der Waals surface area contributed by atoms with Gasteiger partial charge in [0.2, 0.25) is 0 Å². The molecule has 0 aromatic carbocycles. The van der Waals surface area contributed by atoms with Crippen LogP contribution in [0.4, 0.5) is 0 Å². The van der Waals surface area contributed by atoms with Gasteiger partial charge < -0.3 is 10.5 Å². The Hall–Kier alpha value is 0.137. The molecule has 0 heterocycles. The Kier molecular flexibility index (Phi) is 5.30. The molecule has 1 aliphatic rings. The van der Waals surface area contributed by atoms with Crippen molar-refractivity contribution >= 4 is 8.07 Å². The second-order valence-corrected chi connectivity index (χ2v) is 10.8. The van der Waals surface area contributed by atoms with Crippen molar-refractivity contribution < 1.29 is 4.74 Å². The minimum absolute atomic E-state index is 0.484. The summed E-state index contributed by atoms with van der Waals surface area (Å²) in [6, 6.07) is 1.80. The molecule has 0 aliphatic heterocycles. The van der Waals surface area contributed by atoms with Crippen molar-refractivity contribution in [2.24, 2.45) is 5.73 Å². The molecule has 15 heavy (non-hydrogen) atoms. The molecule has 0 unspecified atom stereocenters. The van der Waals surface area contributed by atoms with Crippen molar-refractivity contribution in [1.29, 1.82) is 0 Å². The van der Waals surface area contributed by atoms with Gasteiger partial charge in [-0.2, -0.15) is 0 Å². The van der Waals surface area contributed by atoms with Crippen molar-refractivity contribution in [2.45, 2.75) is 63.3 Å². The SMILES string of the molecule is CCOCC[Si](C)(C)C1CCC(N)CC1. The normalized spacial score (nSPS) is 28.0. The third-order valence-corrected chi connectivity index (χ3v) is 8.25. The zero-order valence-corrected chi connectivity index (χ0v) is 11.6. The van der Waals surface area contributed by atoms with Crippen LogP contribution in [0, 0.1) is 0 Å². The van der Waals surface area contributed by atoms with Crippen LogP contribution in [0.25, 0.3) is 0 Å².